The van der Waals surface area contributed by atoms with Crippen molar-refractivity contribution in [3.63, 3.8) is 0 Å². The lowest BCUT2D eigenvalue weighted by Gasteiger charge is -2.06. The van der Waals surface area contributed by atoms with Gasteiger partial charge < -0.3 is 17.2 Å². The fourth-order valence-corrected chi connectivity index (χ4v) is 1.47. The van der Waals surface area contributed by atoms with Crippen molar-refractivity contribution in [2.45, 2.75) is 0 Å². The van der Waals surface area contributed by atoms with E-state index in [9.17, 15) is 9.59 Å². The topological polar surface area (TPSA) is 180 Å². The molecule has 0 fully saturated rings. The Morgan fingerprint density at radius 1 is 1.27 bits per heavy atom. The number of carbonyl (C=O) groups is 2. The zero-order valence-electron chi connectivity index (χ0n) is 10.9. The van der Waals surface area contributed by atoms with E-state index in [-0.39, 0.29) is 22.5 Å². The summed E-state index contributed by atoms with van der Waals surface area (Å²) in [5, 5.41) is 1.94. The summed E-state index contributed by atoms with van der Waals surface area (Å²) in [6.45, 7) is 0. The zero-order valence-corrected chi connectivity index (χ0v) is 11.7. The number of aliphatic imine (C=N–C) groups is 1. The Morgan fingerprint density at radius 3 is 2.64 bits per heavy atom. The summed E-state index contributed by atoms with van der Waals surface area (Å²) in [4.78, 5) is 38.0. The van der Waals surface area contributed by atoms with Crippen molar-refractivity contribution in [1.29, 1.82) is 0 Å². The molecule has 0 unspecified atom stereocenters. The van der Waals surface area contributed by atoms with Gasteiger partial charge in [-0.15, -0.1) is 0 Å². The smallest absolute Gasteiger partial charge is 0.356 e. The second-order valence-corrected chi connectivity index (χ2v) is 4.20. The van der Waals surface area contributed by atoms with Crippen LogP contribution >= 0.6 is 11.6 Å². The quantitative estimate of drug-likeness (QED) is 0.388. The maximum Gasteiger partial charge on any atom is 0.356 e. The van der Waals surface area contributed by atoms with Gasteiger partial charge >= 0.3 is 6.03 Å². The van der Waals surface area contributed by atoms with Gasteiger partial charge in [-0.2, -0.15) is 4.99 Å². The summed E-state index contributed by atoms with van der Waals surface area (Å²) < 4.78 is 1.06. The Hall–Kier alpha value is -3.21. The van der Waals surface area contributed by atoms with Gasteiger partial charge in [-0.3, -0.25) is 14.7 Å². The number of hydrogen-bond acceptors (Lipinski definition) is 7. The number of guanidine groups is 1. The molecule has 0 saturated carbocycles. The first-order valence-electron chi connectivity index (χ1n) is 5.64. The summed E-state index contributed by atoms with van der Waals surface area (Å²) in [5.74, 6) is -1.66. The second kappa shape index (κ2) is 6.05. The van der Waals surface area contributed by atoms with Crippen LogP contribution in [0.15, 0.2) is 23.7 Å². The van der Waals surface area contributed by atoms with E-state index in [1.165, 1.54) is 18.7 Å². The molecule has 114 valence electrons. The Bertz CT molecular complexity index is 756. The van der Waals surface area contributed by atoms with Gasteiger partial charge in [0.25, 0.3) is 5.91 Å². The van der Waals surface area contributed by atoms with Gasteiger partial charge in [0.1, 0.15) is 6.33 Å². The summed E-state index contributed by atoms with van der Waals surface area (Å²) in [6, 6.07) is -0.746. The van der Waals surface area contributed by atoms with Crippen LogP contribution in [0.1, 0.15) is 10.5 Å². The third-order valence-electron chi connectivity index (χ3n) is 2.30. The maximum atomic E-state index is 11.9. The normalized spacial score (nSPS) is 11.2. The van der Waals surface area contributed by atoms with E-state index in [0.717, 1.165) is 4.57 Å². The van der Waals surface area contributed by atoms with Gasteiger partial charge in [0, 0.05) is 12.4 Å². The lowest BCUT2D eigenvalue weighted by atomic mass is 10.4. The molecule has 2 aromatic rings. The fourth-order valence-electron chi connectivity index (χ4n) is 1.35. The van der Waals surface area contributed by atoms with E-state index >= 15 is 0 Å². The van der Waals surface area contributed by atoms with Crippen LogP contribution in [0.25, 0.3) is 0 Å². The number of aromatic nitrogens is 4. The maximum absolute atomic E-state index is 11.9. The molecule has 22 heavy (non-hydrogen) atoms. The first-order chi connectivity index (χ1) is 10.4. The van der Waals surface area contributed by atoms with Crippen molar-refractivity contribution in [3.8, 4) is 0 Å². The molecular formula is C10H10ClN9O2. The van der Waals surface area contributed by atoms with Gasteiger partial charge in [0.2, 0.25) is 5.96 Å². The van der Waals surface area contributed by atoms with Crippen molar-refractivity contribution < 1.29 is 9.59 Å². The van der Waals surface area contributed by atoms with Gasteiger partial charge in [0.05, 0.1) is 0 Å². The van der Waals surface area contributed by atoms with Crippen molar-refractivity contribution in [2.24, 2.45) is 10.7 Å². The molecule has 11 nitrogen and oxygen atoms in total. The zero-order chi connectivity index (χ0) is 16.3. The molecule has 0 aliphatic rings. The van der Waals surface area contributed by atoms with Gasteiger partial charge in [-0.05, 0) is 0 Å². The molecule has 0 aromatic carbocycles. The number of carbonyl (C=O) groups excluding carboxylic acids is 2. The van der Waals surface area contributed by atoms with Crippen LogP contribution in [0, 0.1) is 0 Å². The number of halogens is 1. The standard InChI is InChI=1S/C10H10ClN9O2/c11-5-7(13)17-6(12)4(16-5)8(21)18-9(14)19-10(22)20-2-1-15-3-20/h1-3H,(H4,12,13,17)(H3,14,18,19,21,22). The number of nitrogens with zero attached hydrogens (tertiary/aromatic N) is 5. The van der Waals surface area contributed by atoms with Crippen LogP contribution in [0.2, 0.25) is 5.15 Å². The molecule has 2 rings (SSSR count). The van der Waals surface area contributed by atoms with Crippen LogP contribution in [0.3, 0.4) is 0 Å². The fraction of sp³-hybridized carbons (Fsp3) is 0. The van der Waals surface area contributed by atoms with Crippen LogP contribution in [0.4, 0.5) is 16.4 Å². The molecule has 12 heteroatoms. The predicted molar refractivity (Wildman–Crippen MR) is 78.0 cm³/mol. The summed E-state index contributed by atoms with van der Waals surface area (Å²) in [7, 11) is 0. The first-order valence-corrected chi connectivity index (χ1v) is 6.02. The average molecular weight is 324 g/mol. The highest BCUT2D eigenvalue weighted by Gasteiger charge is 2.17. The van der Waals surface area contributed by atoms with E-state index < -0.39 is 17.9 Å². The highest BCUT2D eigenvalue weighted by molar-refractivity contribution is 6.31. The van der Waals surface area contributed by atoms with Gasteiger partial charge in [-0.1, -0.05) is 11.6 Å². The molecule has 0 aliphatic heterocycles. The molecule has 2 heterocycles. The molecule has 0 atom stereocenters. The Labute approximate surface area is 128 Å². The predicted octanol–water partition coefficient (Wildman–Crippen LogP) is -0.796. The summed E-state index contributed by atoms with van der Waals surface area (Å²) in [5.41, 5.74) is 16.1. The molecule has 0 spiro atoms. The van der Waals surface area contributed by atoms with E-state index in [4.69, 9.17) is 28.8 Å². The van der Waals surface area contributed by atoms with Crippen molar-refractivity contribution in [3.05, 3.63) is 29.6 Å². The lowest BCUT2D eigenvalue weighted by molar-refractivity contribution is 0.0972. The lowest BCUT2D eigenvalue weighted by Crippen LogP contribution is -2.38. The van der Waals surface area contributed by atoms with E-state index in [1.54, 1.807) is 0 Å². The van der Waals surface area contributed by atoms with Crippen LogP contribution < -0.4 is 22.5 Å². The van der Waals surface area contributed by atoms with Crippen LogP contribution in [0.5, 0.6) is 0 Å². The van der Waals surface area contributed by atoms with Crippen molar-refractivity contribution in [1.82, 2.24) is 24.8 Å². The monoisotopic (exact) mass is 323 g/mol. The number of anilines is 2. The SMILES string of the molecule is N/C(=N/C(=O)n1ccnc1)NC(=O)c1nc(Cl)c(N)nc1N. The molecule has 0 saturated heterocycles. The summed E-state index contributed by atoms with van der Waals surface area (Å²) >= 11 is 5.66. The van der Waals surface area contributed by atoms with Crippen molar-refractivity contribution >= 4 is 41.1 Å². The number of hydrogen-bond donors (Lipinski definition) is 4. The minimum absolute atomic E-state index is 0.118. The molecule has 0 aliphatic carbocycles. The number of imidazole rings is 1. The minimum atomic E-state index is -0.841. The van der Waals surface area contributed by atoms with Crippen molar-refractivity contribution in [2.75, 3.05) is 11.5 Å². The van der Waals surface area contributed by atoms with E-state index in [1.807, 2.05) is 0 Å². The highest BCUT2D eigenvalue weighted by Crippen LogP contribution is 2.16. The Kier molecular flexibility index (Phi) is 4.18. The third kappa shape index (κ3) is 3.27. The summed E-state index contributed by atoms with van der Waals surface area (Å²) in [6.07, 6.45) is 3.98. The molecule has 2 aromatic heterocycles. The Balaban J connectivity index is 2.15. The Morgan fingerprint density at radius 2 is 2.00 bits per heavy atom. The van der Waals surface area contributed by atoms with Crippen LogP contribution in [-0.2, 0) is 0 Å². The second-order valence-electron chi connectivity index (χ2n) is 3.84. The number of amides is 2. The molecular weight excluding hydrogens is 314 g/mol. The third-order valence-corrected chi connectivity index (χ3v) is 2.58. The minimum Gasteiger partial charge on any atom is -0.382 e. The van der Waals surface area contributed by atoms with Crippen LogP contribution in [-0.4, -0.2) is 37.4 Å². The average Bonchev–Trinajstić information content (AvgIpc) is 2.96. The first kappa shape index (κ1) is 15.2. The largest absolute Gasteiger partial charge is 0.382 e. The van der Waals surface area contributed by atoms with E-state index in [2.05, 4.69) is 25.3 Å². The molecule has 0 radical (unpaired) electrons. The van der Waals surface area contributed by atoms with Gasteiger partial charge in [0.15, 0.2) is 22.5 Å². The number of nitrogen functional groups attached to an aromatic ring is 2. The number of nitrogens with two attached hydrogens (primary N) is 3. The van der Waals surface area contributed by atoms with E-state index in [0.29, 0.717) is 0 Å². The highest BCUT2D eigenvalue weighted by atomic mass is 35.5. The number of nitrogens with one attached hydrogen (secondary N) is 1. The van der Waals surface area contributed by atoms with Gasteiger partial charge in [-0.25, -0.2) is 19.7 Å². The molecule has 0 bridgehead atoms. The molecule has 2 amide bonds. The number of rotatable bonds is 1. The molecule has 7 N–H and O–H groups in total.